The van der Waals surface area contributed by atoms with Crippen LogP contribution in [-0.4, -0.2) is 136 Å². The van der Waals surface area contributed by atoms with E-state index < -0.39 is 11.7 Å². The number of likely N-dealkylation sites (tertiary alicyclic amines) is 1. The predicted molar refractivity (Wildman–Crippen MR) is 229 cm³/mol. The highest BCUT2D eigenvalue weighted by Gasteiger charge is 2.30. The fourth-order valence-corrected chi connectivity index (χ4v) is 8.86. The quantitative estimate of drug-likeness (QED) is 0.208. The van der Waals surface area contributed by atoms with E-state index in [1.165, 1.54) is 11.6 Å². The Bertz CT molecular complexity index is 2430. The van der Waals surface area contributed by atoms with Gasteiger partial charge in [-0.15, -0.1) is 0 Å². The van der Waals surface area contributed by atoms with Crippen LogP contribution < -0.4 is 5.56 Å². The summed E-state index contributed by atoms with van der Waals surface area (Å²) in [6, 6.07) is 22.2. The van der Waals surface area contributed by atoms with E-state index in [2.05, 4.69) is 62.2 Å². The molecule has 0 unspecified atom stereocenters. The van der Waals surface area contributed by atoms with Crippen molar-refractivity contribution in [2.75, 3.05) is 78.5 Å². The second-order valence-corrected chi connectivity index (χ2v) is 16.5. The molecule has 13 heteroatoms. The van der Waals surface area contributed by atoms with E-state index in [0.717, 1.165) is 81.8 Å². The molecule has 3 saturated heterocycles. The summed E-state index contributed by atoms with van der Waals surface area (Å²) in [6.45, 7) is 11.8. The van der Waals surface area contributed by atoms with Crippen molar-refractivity contribution in [2.24, 2.45) is 5.92 Å². The molecule has 312 valence electrons. The van der Waals surface area contributed by atoms with Crippen LogP contribution >= 0.6 is 0 Å². The number of hydrogen-bond acceptors (Lipinski definition) is 8. The van der Waals surface area contributed by atoms with Gasteiger partial charge in [-0.1, -0.05) is 55.5 Å². The highest BCUT2D eigenvalue weighted by Crippen LogP contribution is 2.26. The maximum Gasteiger partial charge on any atom is 0.272 e. The first kappa shape index (κ1) is 41.0. The molecule has 3 amide bonds. The number of benzene rings is 3. The fraction of sp³-hybridized carbons (Fsp3) is 0.404. The van der Waals surface area contributed by atoms with Crippen LogP contribution in [-0.2, 0) is 17.6 Å². The molecular formula is C47H53FN8O4. The zero-order chi connectivity index (χ0) is 41.8. The third-order valence-corrected chi connectivity index (χ3v) is 12.5. The molecule has 0 atom stereocenters. The Hall–Kier alpha value is -5.79. The summed E-state index contributed by atoms with van der Waals surface area (Å²) in [6.07, 6.45) is 5.04. The second kappa shape index (κ2) is 18.2. The summed E-state index contributed by atoms with van der Waals surface area (Å²) in [7, 11) is 0. The highest BCUT2D eigenvalue weighted by atomic mass is 19.1. The summed E-state index contributed by atoms with van der Waals surface area (Å²) in [5.41, 5.74) is 5.91. The Morgan fingerprint density at radius 3 is 2.17 bits per heavy atom. The van der Waals surface area contributed by atoms with E-state index in [0.29, 0.717) is 72.8 Å². The van der Waals surface area contributed by atoms with Crippen molar-refractivity contribution >= 4 is 28.5 Å². The zero-order valence-corrected chi connectivity index (χ0v) is 34.5. The zero-order valence-electron chi connectivity index (χ0n) is 34.5. The molecule has 0 radical (unpaired) electrons. The number of hydrogen-bond donors (Lipinski definition) is 1. The second-order valence-electron chi connectivity index (χ2n) is 16.5. The van der Waals surface area contributed by atoms with Crippen molar-refractivity contribution in [1.82, 2.24) is 39.7 Å². The van der Waals surface area contributed by atoms with Crippen LogP contribution in [0.1, 0.15) is 63.0 Å². The van der Waals surface area contributed by atoms with Crippen LogP contribution in [0.4, 0.5) is 4.39 Å². The van der Waals surface area contributed by atoms with E-state index in [4.69, 9.17) is 0 Å². The van der Waals surface area contributed by atoms with Gasteiger partial charge < -0.3 is 19.6 Å². The standard InChI is InChI=1S/C47H53FN8O4/c1-3-33-7-6-8-36(26-33)37-25-32(2)44(49-29-37)47(60)55-15-13-34(14-16-55)30-52-17-19-53(20-18-52)31-43(57)54-21-23-56(24-22-54)46(59)40-27-35(11-12-41(40)48)28-42-38-9-4-5-10-39(38)45(58)51-50-42/h4-12,25-27,29,34H,3,13-24,28,30-31H2,1-2H3,(H,51,58). The van der Waals surface area contributed by atoms with Gasteiger partial charge in [-0.25, -0.2) is 9.49 Å². The van der Waals surface area contributed by atoms with Crippen LogP contribution in [0.15, 0.2) is 83.8 Å². The number of nitrogens with zero attached hydrogens (tertiary/aromatic N) is 7. The van der Waals surface area contributed by atoms with Gasteiger partial charge in [0.05, 0.1) is 23.2 Å². The number of piperazine rings is 2. The van der Waals surface area contributed by atoms with Gasteiger partial charge in [-0.3, -0.25) is 29.1 Å². The Labute approximate surface area is 350 Å². The van der Waals surface area contributed by atoms with Crippen molar-refractivity contribution in [1.29, 1.82) is 0 Å². The number of halogens is 1. The largest absolute Gasteiger partial charge is 0.338 e. The van der Waals surface area contributed by atoms with Crippen LogP contribution in [0, 0.1) is 18.7 Å². The molecule has 0 aliphatic carbocycles. The molecule has 3 aliphatic heterocycles. The first-order valence-electron chi connectivity index (χ1n) is 21.2. The highest BCUT2D eigenvalue weighted by molar-refractivity contribution is 5.95. The van der Waals surface area contributed by atoms with Gasteiger partial charge in [0.1, 0.15) is 11.5 Å². The first-order chi connectivity index (χ1) is 29.1. The molecule has 5 aromatic rings. The number of pyridine rings is 1. The number of aryl methyl sites for hydroxylation is 2. The summed E-state index contributed by atoms with van der Waals surface area (Å²) < 4.78 is 15.0. The molecule has 3 fully saturated rings. The number of amides is 3. The molecule has 0 spiro atoms. The summed E-state index contributed by atoms with van der Waals surface area (Å²) in [5.74, 6) is -0.419. The Morgan fingerprint density at radius 2 is 1.43 bits per heavy atom. The summed E-state index contributed by atoms with van der Waals surface area (Å²) >= 11 is 0. The monoisotopic (exact) mass is 812 g/mol. The fourth-order valence-electron chi connectivity index (χ4n) is 8.86. The van der Waals surface area contributed by atoms with Gasteiger partial charge in [-0.05, 0) is 78.6 Å². The Morgan fingerprint density at radius 1 is 0.733 bits per heavy atom. The van der Waals surface area contributed by atoms with Crippen molar-refractivity contribution in [3.05, 3.63) is 129 Å². The van der Waals surface area contributed by atoms with Crippen molar-refractivity contribution < 1.29 is 18.8 Å². The number of aromatic nitrogens is 3. The third-order valence-electron chi connectivity index (χ3n) is 12.5. The molecule has 3 aromatic carbocycles. The lowest BCUT2D eigenvalue weighted by molar-refractivity contribution is -0.134. The molecule has 0 bridgehead atoms. The van der Waals surface area contributed by atoms with Gasteiger partial charge in [0, 0.05) is 95.6 Å². The molecule has 1 N–H and O–H groups in total. The van der Waals surface area contributed by atoms with Crippen LogP contribution in [0.5, 0.6) is 0 Å². The summed E-state index contributed by atoms with van der Waals surface area (Å²) in [4.78, 5) is 67.3. The number of carbonyl (C=O) groups is 3. The molecule has 0 saturated carbocycles. The lowest BCUT2D eigenvalue weighted by Crippen LogP contribution is -2.55. The van der Waals surface area contributed by atoms with Gasteiger partial charge in [0.15, 0.2) is 0 Å². The van der Waals surface area contributed by atoms with Crippen LogP contribution in [0.3, 0.4) is 0 Å². The van der Waals surface area contributed by atoms with Gasteiger partial charge >= 0.3 is 0 Å². The molecule has 5 heterocycles. The molecule has 8 rings (SSSR count). The molecule has 60 heavy (non-hydrogen) atoms. The minimum atomic E-state index is -0.597. The number of piperidine rings is 1. The van der Waals surface area contributed by atoms with E-state index in [9.17, 15) is 19.2 Å². The molecular weight excluding hydrogens is 760 g/mol. The average molecular weight is 813 g/mol. The Kier molecular flexibility index (Phi) is 12.4. The lowest BCUT2D eigenvalue weighted by atomic mass is 9.95. The van der Waals surface area contributed by atoms with Crippen molar-refractivity contribution in [3.8, 4) is 11.1 Å². The Balaban J connectivity index is 0.757. The smallest absolute Gasteiger partial charge is 0.272 e. The van der Waals surface area contributed by atoms with Gasteiger partial charge in [-0.2, -0.15) is 5.10 Å². The molecule has 3 aliphatic rings. The number of rotatable bonds is 10. The molecule has 12 nitrogen and oxygen atoms in total. The van der Waals surface area contributed by atoms with Crippen molar-refractivity contribution in [2.45, 2.75) is 39.5 Å². The number of carbonyl (C=O) groups excluding carboxylic acids is 3. The predicted octanol–water partition coefficient (Wildman–Crippen LogP) is 5.04. The number of fused-ring (bicyclic) bond motifs is 1. The van der Waals surface area contributed by atoms with Crippen molar-refractivity contribution in [3.63, 3.8) is 0 Å². The number of aromatic amines is 1. The summed E-state index contributed by atoms with van der Waals surface area (Å²) in [5, 5.41) is 7.99. The van der Waals surface area contributed by atoms with E-state index >= 15 is 4.39 Å². The minimum Gasteiger partial charge on any atom is -0.338 e. The van der Waals surface area contributed by atoms with Crippen LogP contribution in [0.25, 0.3) is 21.9 Å². The van der Waals surface area contributed by atoms with Gasteiger partial charge in [0.2, 0.25) is 5.91 Å². The topological polar surface area (TPSA) is 126 Å². The first-order valence-corrected chi connectivity index (χ1v) is 21.2. The number of nitrogens with one attached hydrogen (secondary N) is 1. The van der Waals surface area contributed by atoms with Gasteiger partial charge in [0.25, 0.3) is 17.4 Å². The third kappa shape index (κ3) is 9.17. The average Bonchev–Trinajstić information content (AvgIpc) is 3.28. The van der Waals surface area contributed by atoms with E-state index in [1.807, 2.05) is 35.1 Å². The van der Waals surface area contributed by atoms with E-state index in [1.54, 1.807) is 29.2 Å². The number of H-pyrrole nitrogens is 1. The van der Waals surface area contributed by atoms with E-state index in [-0.39, 0.29) is 22.9 Å². The van der Waals surface area contributed by atoms with Crippen LogP contribution in [0.2, 0.25) is 0 Å². The minimum absolute atomic E-state index is 0.0115. The SMILES string of the molecule is CCc1cccc(-c2cnc(C(=O)N3CCC(CN4CCN(CC(=O)N5CCN(C(=O)c6cc(Cc7n[nH]c(=O)c8ccccc78)ccc6F)CC5)CC4)CC3)c(C)c2)c1. The molecule has 2 aromatic heterocycles. The normalized spacial score (nSPS) is 17.0. The maximum atomic E-state index is 15.0. The maximum absolute atomic E-state index is 15.0. The lowest BCUT2D eigenvalue weighted by Gasteiger charge is -2.40.